The molecule has 1 aromatic carbocycles. The van der Waals surface area contributed by atoms with Gasteiger partial charge >= 0.3 is 0 Å². The van der Waals surface area contributed by atoms with Gasteiger partial charge in [0.05, 0.1) is 0 Å². The summed E-state index contributed by atoms with van der Waals surface area (Å²) in [6.45, 7) is 0.927. The summed E-state index contributed by atoms with van der Waals surface area (Å²) < 4.78 is 13.2. The van der Waals surface area contributed by atoms with Crippen molar-refractivity contribution >= 4 is 5.91 Å². The lowest BCUT2D eigenvalue weighted by Gasteiger charge is -2.27. The first-order valence-electron chi connectivity index (χ1n) is 6.36. The zero-order valence-corrected chi connectivity index (χ0v) is 10.7. The molecule has 2 rings (SSSR count). The van der Waals surface area contributed by atoms with E-state index in [4.69, 9.17) is 5.11 Å². The number of halogens is 1. The summed E-state index contributed by atoms with van der Waals surface area (Å²) in [5.74, 6) is 5.02. The summed E-state index contributed by atoms with van der Waals surface area (Å²) in [5.41, 5.74) is 1.35. The van der Waals surface area contributed by atoms with Gasteiger partial charge in [-0.1, -0.05) is 17.9 Å². The van der Waals surface area contributed by atoms with E-state index in [1.807, 2.05) is 0 Å². The molecule has 100 valence electrons. The Kier molecular flexibility index (Phi) is 4.53. The number of aliphatic hydroxyl groups is 1. The first-order chi connectivity index (χ1) is 9.20. The summed E-state index contributed by atoms with van der Waals surface area (Å²) in [6, 6.07) is 4.36. The van der Waals surface area contributed by atoms with Crippen molar-refractivity contribution in [1.29, 1.82) is 0 Å². The van der Waals surface area contributed by atoms with Crippen LogP contribution >= 0.6 is 0 Å². The Morgan fingerprint density at radius 2 is 2.21 bits per heavy atom. The first kappa shape index (κ1) is 13.6. The quantitative estimate of drug-likeness (QED) is 0.823. The number of rotatable bonds is 2. The standard InChI is InChI=1S/C15H16FNO2/c16-14-7-6-13(12(10-14)4-3-9-18)11-17-8-2-1-5-15(17)19/h6-7,10,18H,1-2,5,8-9,11H2. The summed E-state index contributed by atoms with van der Waals surface area (Å²) in [6.07, 6.45) is 2.53. The highest BCUT2D eigenvalue weighted by Crippen LogP contribution is 2.17. The van der Waals surface area contributed by atoms with Crippen LogP contribution in [-0.2, 0) is 11.3 Å². The van der Waals surface area contributed by atoms with Crippen LogP contribution in [0.1, 0.15) is 30.4 Å². The van der Waals surface area contributed by atoms with Gasteiger partial charge in [-0.3, -0.25) is 4.79 Å². The van der Waals surface area contributed by atoms with Gasteiger partial charge in [0.25, 0.3) is 0 Å². The van der Waals surface area contributed by atoms with Crippen molar-refractivity contribution in [2.45, 2.75) is 25.8 Å². The second kappa shape index (κ2) is 6.35. The van der Waals surface area contributed by atoms with E-state index in [1.54, 1.807) is 11.0 Å². The molecule has 0 saturated carbocycles. The largest absolute Gasteiger partial charge is 0.384 e. The van der Waals surface area contributed by atoms with Crippen LogP contribution in [0.15, 0.2) is 18.2 Å². The predicted octanol–water partition coefficient (Wildman–Crippen LogP) is 1.68. The lowest BCUT2D eigenvalue weighted by atomic mass is 10.0. The molecular formula is C15H16FNO2. The molecule has 1 aliphatic heterocycles. The van der Waals surface area contributed by atoms with Crippen LogP contribution in [0, 0.1) is 17.7 Å². The van der Waals surface area contributed by atoms with E-state index in [9.17, 15) is 9.18 Å². The number of nitrogens with zero attached hydrogens (tertiary/aromatic N) is 1. The molecule has 1 aliphatic rings. The van der Waals surface area contributed by atoms with Crippen molar-refractivity contribution in [3.63, 3.8) is 0 Å². The fourth-order valence-corrected chi connectivity index (χ4v) is 2.17. The zero-order valence-electron chi connectivity index (χ0n) is 10.7. The number of carbonyl (C=O) groups excluding carboxylic acids is 1. The van der Waals surface area contributed by atoms with Crippen molar-refractivity contribution in [3.05, 3.63) is 35.1 Å². The number of hydrogen-bond donors (Lipinski definition) is 1. The molecule has 1 amide bonds. The van der Waals surface area contributed by atoms with Crippen molar-refractivity contribution in [3.8, 4) is 11.8 Å². The third-order valence-electron chi connectivity index (χ3n) is 3.16. The monoisotopic (exact) mass is 261 g/mol. The average molecular weight is 261 g/mol. The molecule has 0 aliphatic carbocycles. The second-order valence-electron chi connectivity index (χ2n) is 4.53. The predicted molar refractivity (Wildman–Crippen MR) is 69.6 cm³/mol. The Hall–Kier alpha value is -1.86. The summed E-state index contributed by atoms with van der Waals surface area (Å²) in [4.78, 5) is 13.5. The van der Waals surface area contributed by atoms with Crippen LogP contribution in [0.25, 0.3) is 0 Å². The highest BCUT2D eigenvalue weighted by Gasteiger charge is 2.18. The lowest BCUT2D eigenvalue weighted by molar-refractivity contribution is -0.133. The van der Waals surface area contributed by atoms with E-state index in [0.717, 1.165) is 24.9 Å². The first-order valence-corrected chi connectivity index (χ1v) is 6.36. The van der Waals surface area contributed by atoms with Crippen LogP contribution in [0.3, 0.4) is 0 Å². The van der Waals surface area contributed by atoms with Crippen LogP contribution in [-0.4, -0.2) is 29.1 Å². The summed E-state index contributed by atoms with van der Waals surface area (Å²) in [5, 5.41) is 8.72. The number of hydrogen-bond acceptors (Lipinski definition) is 2. The third-order valence-corrected chi connectivity index (χ3v) is 3.16. The minimum atomic E-state index is -0.365. The molecule has 0 aromatic heterocycles. The maximum atomic E-state index is 13.2. The van der Waals surface area contributed by atoms with Crippen molar-refractivity contribution < 1.29 is 14.3 Å². The van der Waals surface area contributed by atoms with Gasteiger partial charge in [-0.25, -0.2) is 4.39 Å². The fraction of sp³-hybridized carbons (Fsp3) is 0.400. The molecule has 0 unspecified atom stereocenters. The molecule has 1 saturated heterocycles. The molecule has 19 heavy (non-hydrogen) atoms. The zero-order chi connectivity index (χ0) is 13.7. The van der Waals surface area contributed by atoms with E-state index in [1.165, 1.54) is 12.1 Å². The van der Waals surface area contributed by atoms with E-state index >= 15 is 0 Å². The van der Waals surface area contributed by atoms with Gasteiger partial charge in [-0.2, -0.15) is 0 Å². The van der Waals surface area contributed by atoms with E-state index < -0.39 is 0 Å². The Morgan fingerprint density at radius 3 is 2.95 bits per heavy atom. The third kappa shape index (κ3) is 3.55. The summed E-state index contributed by atoms with van der Waals surface area (Å²) >= 11 is 0. The smallest absolute Gasteiger partial charge is 0.222 e. The van der Waals surface area contributed by atoms with E-state index in [2.05, 4.69) is 11.8 Å². The van der Waals surface area contributed by atoms with Gasteiger partial charge in [-0.15, -0.1) is 0 Å². The van der Waals surface area contributed by atoms with Gasteiger partial charge in [-0.05, 0) is 30.5 Å². The van der Waals surface area contributed by atoms with E-state index in [-0.39, 0.29) is 18.3 Å². The molecule has 0 atom stereocenters. The molecule has 1 aromatic rings. The average Bonchev–Trinajstić information content (AvgIpc) is 2.41. The van der Waals surface area contributed by atoms with Crippen LogP contribution in [0.2, 0.25) is 0 Å². The van der Waals surface area contributed by atoms with Gasteiger partial charge in [0.1, 0.15) is 12.4 Å². The second-order valence-corrected chi connectivity index (χ2v) is 4.53. The van der Waals surface area contributed by atoms with Crippen molar-refractivity contribution in [2.75, 3.05) is 13.2 Å². The molecule has 1 heterocycles. The Labute approximate surface area is 112 Å². The highest BCUT2D eigenvalue weighted by atomic mass is 19.1. The number of benzene rings is 1. The Bertz CT molecular complexity index is 531. The summed E-state index contributed by atoms with van der Waals surface area (Å²) in [7, 11) is 0. The SMILES string of the molecule is O=C1CCCCN1Cc1ccc(F)cc1C#CCO. The van der Waals surface area contributed by atoms with Gasteiger partial charge in [0.15, 0.2) is 0 Å². The van der Waals surface area contributed by atoms with Gasteiger partial charge in [0, 0.05) is 25.1 Å². The molecule has 0 radical (unpaired) electrons. The highest BCUT2D eigenvalue weighted by molar-refractivity contribution is 5.76. The van der Waals surface area contributed by atoms with Crippen LogP contribution < -0.4 is 0 Å². The van der Waals surface area contributed by atoms with Gasteiger partial charge < -0.3 is 10.0 Å². The number of aliphatic hydroxyl groups excluding tert-OH is 1. The maximum absolute atomic E-state index is 13.2. The molecule has 1 fully saturated rings. The normalized spacial score (nSPS) is 15.1. The maximum Gasteiger partial charge on any atom is 0.222 e. The van der Waals surface area contributed by atoms with Crippen molar-refractivity contribution in [2.24, 2.45) is 0 Å². The molecule has 4 heteroatoms. The molecule has 3 nitrogen and oxygen atoms in total. The lowest BCUT2D eigenvalue weighted by Crippen LogP contribution is -2.34. The molecular weight excluding hydrogens is 245 g/mol. The van der Waals surface area contributed by atoms with Crippen molar-refractivity contribution in [1.82, 2.24) is 4.90 Å². The number of carbonyl (C=O) groups is 1. The molecule has 0 spiro atoms. The topological polar surface area (TPSA) is 40.5 Å². The Balaban J connectivity index is 2.21. The van der Waals surface area contributed by atoms with Crippen LogP contribution in [0.4, 0.5) is 4.39 Å². The number of amides is 1. The number of piperidine rings is 1. The minimum Gasteiger partial charge on any atom is -0.384 e. The fourth-order valence-electron chi connectivity index (χ4n) is 2.17. The minimum absolute atomic E-state index is 0.136. The number of likely N-dealkylation sites (tertiary alicyclic amines) is 1. The molecule has 0 bridgehead atoms. The Morgan fingerprint density at radius 1 is 1.37 bits per heavy atom. The van der Waals surface area contributed by atoms with Crippen LogP contribution in [0.5, 0.6) is 0 Å². The van der Waals surface area contributed by atoms with E-state index in [0.29, 0.717) is 18.5 Å². The molecule has 1 N–H and O–H groups in total. The van der Waals surface area contributed by atoms with Gasteiger partial charge in [0.2, 0.25) is 5.91 Å².